The van der Waals surface area contributed by atoms with E-state index >= 15 is 0 Å². The molecule has 0 saturated carbocycles. The predicted molar refractivity (Wildman–Crippen MR) is 101 cm³/mol. The van der Waals surface area contributed by atoms with Crippen molar-refractivity contribution in [1.82, 2.24) is 4.90 Å². The summed E-state index contributed by atoms with van der Waals surface area (Å²) in [5.41, 5.74) is 2.44. The maximum atomic E-state index is 13.5. The molecule has 0 saturated heterocycles. The van der Waals surface area contributed by atoms with Gasteiger partial charge in [-0.1, -0.05) is 41.0 Å². The summed E-state index contributed by atoms with van der Waals surface area (Å²) in [7, 11) is 1.46. The number of carbonyl (C=O) groups is 1. The predicted octanol–water partition coefficient (Wildman–Crippen LogP) is 3.65. The van der Waals surface area contributed by atoms with Gasteiger partial charge in [0.25, 0.3) is 0 Å². The molecule has 0 spiro atoms. The first-order chi connectivity index (χ1) is 13.0. The van der Waals surface area contributed by atoms with Gasteiger partial charge in [0.15, 0.2) is 6.10 Å². The first-order valence-corrected chi connectivity index (χ1v) is 8.92. The molecule has 1 aliphatic heterocycles. The zero-order valence-corrected chi connectivity index (χ0v) is 15.7. The number of hydrogen-bond donors (Lipinski definition) is 0. The van der Waals surface area contributed by atoms with Crippen LogP contribution in [0.3, 0.4) is 0 Å². The monoisotopic (exact) mass is 390 g/mol. The van der Waals surface area contributed by atoms with E-state index in [0.717, 1.165) is 11.3 Å². The van der Waals surface area contributed by atoms with Gasteiger partial charge in [-0.05, 0) is 35.4 Å². The van der Waals surface area contributed by atoms with Gasteiger partial charge in [0.05, 0.1) is 12.3 Å². The maximum Gasteiger partial charge on any atom is 0.248 e. The summed E-state index contributed by atoms with van der Waals surface area (Å²) in [6, 6.07) is 13.5. The van der Waals surface area contributed by atoms with Crippen LogP contribution >= 0.6 is 11.6 Å². The fraction of sp³-hybridized carbons (Fsp3) is 0.300. The molecule has 5 nitrogen and oxygen atoms in total. The molecule has 0 fully saturated rings. The number of ether oxygens (including phenoxy) is 1. The highest BCUT2D eigenvalue weighted by Gasteiger charge is 2.27. The molecular formula is C20H20ClFN2O3. The van der Waals surface area contributed by atoms with Gasteiger partial charge in [-0.25, -0.2) is 4.39 Å². The standard InChI is InChI=1S/C20H20ClFN2O3/c1-26-13-20(25)24(11-14-3-2-4-17(22)9-14)12-18-10-19(23-27-18)15-5-7-16(21)8-6-15/h2-9,18H,10-13H2,1H3/t18-/m1/s1. The Hall–Kier alpha value is -2.44. The van der Waals surface area contributed by atoms with E-state index in [2.05, 4.69) is 5.16 Å². The molecular weight excluding hydrogens is 371 g/mol. The molecule has 142 valence electrons. The first kappa shape index (κ1) is 19.3. The fourth-order valence-electron chi connectivity index (χ4n) is 2.91. The van der Waals surface area contributed by atoms with E-state index in [1.807, 2.05) is 12.1 Å². The normalized spacial score (nSPS) is 16.0. The molecule has 1 heterocycles. The van der Waals surface area contributed by atoms with Gasteiger partial charge in [-0.15, -0.1) is 0 Å². The summed E-state index contributed by atoms with van der Waals surface area (Å²) in [5, 5.41) is 4.79. The van der Waals surface area contributed by atoms with Crippen molar-refractivity contribution in [3.8, 4) is 0 Å². The zero-order valence-electron chi connectivity index (χ0n) is 14.9. The van der Waals surface area contributed by atoms with Gasteiger partial charge in [0.1, 0.15) is 12.4 Å². The van der Waals surface area contributed by atoms with E-state index in [1.54, 1.807) is 29.2 Å². The third-order valence-corrected chi connectivity index (χ3v) is 4.47. The van der Waals surface area contributed by atoms with E-state index < -0.39 is 0 Å². The lowest BCUT2D eigenvalue weighted by Gasteiger charge is -2.24. The molecule has 27 heavy (non-hydrogen) atoms. The van der Waals surface area contributed by atoms with Gasteiger partial charge in [-0.2, -0.15) is 0 Å². The number of carbonyl (C=O) groups excluding carboxylic acids is 1. The van der Waals surface area contributed by atoms with Gasteiger partial charge >= 0.3 is 0 Å². The lowest BCUT2D eigenvalue weighted by molar-refractivity contribution is -0.137. The minimum atomic E-state index is -0.336. The second-order valence-electron chi connectivity index (χ2n) is 6.31. The van der Waals surface area contributed by atoms with Gasteiger partial charge < -0.3 is 14.5 Å². The number of oxime groups is 1. The number of nitrogens with zero attached hydrogens (tertiary/aromatic N) is 2. The second kappa shape index (κ2) is 8.97. The molecule has 2 aromatic rings. The molecule has 3 rings (SSSR count). The van der Waals surface area contributed by atoms with E-state index in [0.29, 0.717) is 23.6 Å². The van der Waals surface area contributed by atoms with Crippen LogP contribution in [0.4, 0.5) is 4.39 Å². The SMILES string of the molecule is COCC(=O)N(Cc1cccc(F)c1)C[C@H]1CC(c2ccc(Cl)cc2)=NO1. The molecule has 0 N–H and O–H groups in total. The molecule has 0 unspecified atom stereocenters. The third kappa shape index (κ3) is 5.28. The number of rotatable bonds is 7. The van der Waals surface area contributed by atoms with E-state index in [9.17, 15) is 9.18 Å². The van der Waals surface area contributed by atoms with Crippen molar-refractivity contribution in [2.45, 2.75) is 19.1 Å². The lowest BCUT2D eigenvalue weighted by atomic mass is 10.0. The number of amides is 1. The molecule has 0 bridgehead atoms. The van der Waals surface area contributed by atoms with Crippen LogP contribution < -0.4 is 0 Å². The fourth-order valence-corrected chi connectivity index (χ4v) is 3.04. The second-order valence-corrected chi connectivity index (χ2v) is 6.75. The summed E-state index contributed by atoms with van der Waals surface area (Å²) in [4.78, 5) is 19.5. The van der Waals surface area contributed by atoms with Crippen molar-refractivity contribution in [1.29, 1.82) is 0 Å². The largest absolute Gasteiger partial charge is 0.390 e. The Morgan fingerprint density at radius 2 is 2.11 bits per heavy atom. The highest BCUT2D eigenvalue weighted by Crippen LogP contribution is 2.20. The zero-order chi connectivity index (χ0) is 19.2. The maximum absolute atomic E-state index is 13.5. The van der Waals surface area contributed by atoms with E-state index in [1.165, 1.54) is 19.2 Å². The summed E-state index contributed by atoms with van der Waals surface area (Å²) >= 11 is 5.91. The van der Waals surface area contributed by atoms with Crippen molar-refractivity contribution in [2.24, 2.45) is 5.16 Å². The minimum absolute atomic E-state index is 0.0487. The van der Waals surface area contributed by atoms with Gasteiger partial charge in [0, 0.05) is 25.1 Å². The molecule has 7 heteroatoms. The van der Waals surface area contributed by atoms with Crippen LogP contribution in [0.25, 0.3) is 0 Å². The molecule has 1 amide bonds. The van der Waals surface area contributed by atoms with Crippen molar-refractivity contribution in [3.63, 3.8) is 0 Å². The van der Waals surface area contributed by atoms with E-state index in [4.69, 9.17) is 21.2 Å². The number of methoxy groups -OCH3 is 1. The average molecular weight is 391 g/mol. The van der Waals surface area contributed by atoms with Crippen LogP contribution in [0.15, 0.2) is 53.7 Å². The third-order valence-electron chi connectivity index (χ3n) is 4.22. The average Bonchev–Trinajstić information content (AvgIpc) is 3.10. The van der Waals surface area contributed by atoms with Crippen LogP contribution in [0.5, 0.6) is 0 Å². The number of halogens is 2. The Balaban J connectivity index is 1.66. The lowest BCUT2D eigenvalue weighted by Crippen LogP contribution is -2.39. The highest BCUT2D eigenvalue weighted by molar-refractivity contribution is 6.30. The number of hydrogen-bond acceptors (Lipinski definition) is 4. The van der Waals surface area contributed by atoms with Crippen molar-refractivity contribution in [3.05, 3.63) is 70.5 Å². The molecule has 0 aromatic heterocycles. The molecule has 0 radical (unpaired) electrons. The summed E-state index contributed by atoms with van der Waals surface area (Å²) in [6.45, 7) is 0.558. The Labute approximate surface area is 162 Å². The molecule has 1 atom stereocenters. The van der Waals surface area contributed by atoms with E-state index in [-0.39, 0.29) is 31.0 Å². The molecule has 2 aromatic carbocycles. The Morgan fingerprint density at radius 1 is 1.33 bits per heavy atom. The van der Waals surface area contributed by atoms with Crippen LogP contribution in [-0.4, -0.2) is 42.9 Å². The number of benzene rings is 2. The highest BCUT2D eigenvalue weighted by atomic mass is 35.5. The first-order valence-electron chi connectivity index (χ1n) is 8.55. The quantitative estimate of drug-likeness (QED) is 0.725. The van der Waals surface area contributed by atoms with Crippen LogP contribution in [-0.2, 0) is 20.9 Å². The molecule has 1 aliphatic rings. The van der Waals surface area contributed by atoms with Crippen molar-refractivity contribution < 1.29 is 18.8 Å². The summed E-state index contributed by atoms with van der Waals surface area (Å²) < 4.78 is 18.4. The summed E-state index contributed by atoms with van der Waals surface area (Å²) in [6.07, 6.45) is 0.298. The van der Waals surface area contributed by atoms with Gasteiger partial charge in [0.2, 0.25) is 5.91 Å². The van der Waals surface area contributed by atoms with Gasteiger partial charge in [-0.3, -0.25) is 4.79 Å². The molecule has 0 aliphatic carbocycles. The van der Waals surface area contributed by atoms with Crippen LogP contribution in [0.2, 0.25) is 5.02 Å². The topological polar surface area (TPSA) is 51.1 Å². The van der Waals surface area contributed by atoms with Crippen LogP contribution in [0.1, 0.15) is 17.5 Å². The van der Waals surface area contributed by atoms with Crippen molar-refractivity contribution in [2.75, 3.05) is 20.3 Å². The Bertz CT molecular complexity index is 826. The van der Waals surface area contributed by atoms with Crippen molar-refractivity contribution >= 4 is 23.2 Å². The summed E-state index contributed by atoms with van der Waals surface area (Å²) in [5.74, 6) is -0.526. The minimum Gasteiger partial charge on any atom is -0.390 e. The Kier molecular flexibility index (Phi) is 6.42. The Morgan fingerprint density at radius 3 is 2.81 bits per heavy atom. The van der Waals surface area contributed by atoms with Crippen LogP contribution in [0, 0.1) is 5.82 Å². The smallest absolute Gasteiger partial charge is 0.248 e.